The fourth-order valence-electron chi connectivity index (χ4n) is 3.38. The quantitative estimate of drug-likeness (QED) is 0.795. The fourth-order valence-corrected chi connectivity index (χ4v) is 3.38. The SMILES string of the molecule is CCc1ccc(C(C)NC2CCCCC2CC)cc1. The van der Waals surface area contributed by atoms with E-state index in [1.165, 1.54) is 43.2 Å². The molecule has 1 aliphatic rings. The summed E-state index contributed by atoms with van der Waals surface area (Å²) in [7, 11) is 0. The van der Waals surface area contributed by atoms with E-state index in [1.54, 1.807) is 0 Å². The van der Waals surface area contributed by atoms with Gasteiger partial charge in [0.05, 0.1) is 0 Å². The lowest BCUT2D eigenvalue weighted by molar-refractivity contribution is 0.240. The number of nitrogens with one attached hydrogen (secondary N) is 1. The van der Waals surface area contributed by atoms with Crippen LogP contribution >= 0.6 is 0 Å². The van der Waals surface area contributed by atoms with Crippen LogP contribution < -0.4 is 5.32 Å². The Hall–Kier alpha value is -0.820. The van der Waals surface area contributed by atoms with Gasteiger partial charge in [0.2, 0.25) is 0 Å². The summed E-state index contributed by atoms with van der Waals surface area (Å²) >= 11 is 0. The highest BCUT2D eigenvalue weighted by molar-refractivity contribution is 5.24. The maximum absolute atomic E-state index is 3.87. The molecule has 0 aromatic heterocycles. The van der Waals surface area contributed by atoms with Crippen LogP contribution in [0.2, 0.25) is 0 Å². The zero-order valence-electron chi connectivity index (χ0n) is 12.8. The molecule has 0 saturated heterocycles. The molecule has 2 rings (SSSR count). The van der Waals surface area contributed by atoms with Gasteiger partial charge in [-0.15, -0.1) is 0 Å². The van der Waals surface area contributed by atoms with E-state index < -0.39 is 0 Å². The van der Waals surface area contributed by atoms with E-state index in [-0.39, 0.29) is 0 Å². The highest BCUT2D eigenvalue weighted by atomic mass is 15.0. The standard InChI is InChI=1S/C18H29N/c1-4-15-10-12-17(13-11-15)14(3)19-18-9-7-6-8-16(18)5-2/h10-14,16,18-19H,4-9H2,1-3H3. The molecule has 0 radical (unpaired) electrons. The Morgan fingerprint density at radius 3 is 2.42 bits per heavy atom. The molecule has 0 heterocycles. The molecule has 1 aliphatic carbocycles. The molecule has 19 heavy (non-hydrogen) atoms. The molecule has 1 aromatic rings. The number of benzene rings is 1. The van der Waals surface area contributed by atoms with Crippen molar-refractivity contribution < 1.29 is 0 Å². The van der Waals surface area contributed by atoms with Gasteiger partial charge in [-0.05, 0) is 43.2 Å². The van der Waals surface area contributed by atoms with Crippen molar-refractivity contribution in [1.29, 1.82) is 0 Å². The monoisotopic (exact) mass is 259 g/mol. The largest absolute Gasteiger partial charge is 0.307 e. The Morgan fingerprint density at radius 1 is 1.11 bits per heavy atom. The van der Waals surface area contributed by atoms with Crippen molar-refractivity contribution in [2.24, 2.45) is 5.92 Å². The molecule has 1 heteroatoms. The first-order valence-electron chi connectivity index (χ1n) is 8.09. The lowest BCUT2D eigenvalue weighted by Gasteiger charge is -2.34. The highest BCUT2D eigenvalue weighted by Crippen LogP contribution is 2.28. The van der Waals surface area contributed by atoms with E-state index in [2.05, 4.69) is 50.4 Å². The van der Waals surface area contributed by atoms with Crippen molar-refractivity contribution in [3.05, 3.63) is 35.4 Å². The number of hydrogen-bond donors (Lipinski definition) is 1. The topological polar surface area (TPSA) is 12.0 Å². The summed E-state index contributed by atoms with van der Waals surface area (Å²) < 4.78 is 0. The lowest BCUT2D eigenvalue weighted by atomic mass is 9.82. The molecule has 3 atom stereocenters. The van der Waals surface area contributed by atoms with Gasteiger partial charge in [0.25, 0.3) is 0 Å². The van der Waals surface area contributed by atoms with Crippen LogP contribution in [0.15, 0.2) is 24.3 Å². The molecule has 1 fully saturated rings. The van der Waals surface area contributed by atoms with Crippen LogP contribution in [0, 0.1) is 5.92 Å². The zero-order chi connectivity index (χ0) is 13.7. The Morgan fingerprint density at radius 2 is 1.79 bits per heavy atom. The summed E-state index contributed by atoms with van der Waals surface area (Å²) in [6.07, 6.45) is 8.04. The minimum absolute atomic E-state index is 0.475. The molecule has 0 amide bonds. The van der Waals surface area contributed by atoms with Gasteiger partial charge in [-0.3, -0.25) is 0 Å². The second-order valence-corrected chi connectivity index (χ2v) is 6.04. The maximum atomic E-state index is 3.87. The Kier molecular flexibility index (Phi) is 5.45. The average molecular weight is 259 g/mol. The molecule has 1 nitrogen and oxygen atoms in total. The van der Waals surface area contributed by atoms with E-state index in [9.17, 15) is 0 Å². The summed E-state index contributed by atoms with van der Waals surface area (Å²) in [6, 6.07) is 10.3. The molecule has 0 spiro atoms. The van der Waals surface area contributed by atoms with E-state index in [4.69, 9.17) is 0 Å². The minimum atomic E-state index is 0.475. The fraction of sp³-hybridized carbons (Fsp3) is 0.667. The minimum Gasteiger partial charge on any atom is -0.307 e. The Bertz CT molecular complexity index is 368. The van der Waals surface area contributed by atoms with Crippen molar-refractivity contribution in [1.82, 2.24) is 5.32 Å². The molecule has 0 aliphatic heterocycles. The third-order valence-electron chi connectivity index (χ3n) is 4.79. The number of aryl methyl sites for hydroxylation is 1. The molecule has 1 saturated carbocycles. The van der Waals surface area contributed by atoms with Crippen LogP contribution in [0.5, 0.6) is 0 Å². The van der Waals surface area contributed by atoms with Crippen LogP contribution in [-0.4, -0.2) is 6.04 Å². The van der Waals surface area contributed by atoms with E-state index in [0.717, 1.165) is 18.4 Å². The van der Waals surface area contributed by atoms with Crippen molar-refractivity contribution in [2.45, 2.75) is 71.4 Å². The first kappa shape index (κ1) is 14.6. The summed E-state index contributed by atoms with van der Waals surface area (Å²) in [6.45, 7) is 6.86. The third-order valence-corrected chi connectivity index (χ3v) is 4.79. The van der Waals surface area contributed by atoms with Gasteiger partial charge in [-0.1, -0.05) is 57.4 Å². The van der Waals surface area contributed by atoms with Crippen molar-refractivity contribution in [2.75, 3.05) is 0 Å². The second kappa shape index (κ2) is 7.09. The summed E-state index contributed by atoms with van der Waals surface area (Å²) in [5.41, 5.74) is 2.86. The molecule has 3 unspecified atom stereocenters. The van der Waals surface area contributed by atoms with Gasteiger partial charge in [-0.2, -0.15) is 0 Å². The molecule has 106 valence electrons. The van der Waals surface area contributed by atoms with Crippen LogP contribution in [0.1, 0.15) is 70.0 Å². The predicted molar refractivity (Wildman–Crippen MR) is 83.4 cm³/mol. The van der Waals surface area contributed by atoms with Gasteiger partial charge in [0, 0.05) is 12.1 Å². The molecule has 1 N–H and O–H groups in total. The van der Waals surface area contributed by atoms with Crippen LogP contribution in [-0.2, 0) is 6.42 Å². The average Bonchev–Trinajstić information content (AvgIpc) is 2.48. The van der Waals surface area contributed by atoms with Crippen molar-refractivity contribution >= 4 is 0 Å². The highest BCUT2D eigenvalue weighted by Gasteiger charge is 2.24. The van der Waals surface area contributed by atoms with E-state index in [1.807, 2.05) is 0 Å². The summed E-state index contributed by atoms with van der Waals surface area (Å²) in [4.78, 5) is 0. The van der Waals surface area contributed by atoms with Crippen LogP contribution in [0.25, 0.3) is 0 Å². The summed E-state index contributed by atoms with van der Waals surface area (Å²) in [5.74, 6) is 0.881. The van der Waals surface area contributed by atoms with Crippen molar-refractivity contribution in [3.8, 4) is 0 Å². The maximum Gasteiger partial charge on any atom is 0.0294 e. The van der Waals surface area contributed by atoms with Gasteiger partial charge in [0.1, 0.15) is 0 Å². The summed E-state index contributed by atoms with van der Waals surface area (Å²) in [5, 5.41) is 3.87. The van der Waals surface area contributed by atoms with Crippen LogP contribution in [0.3, 0.4) is 0 Å². The lowest BCUT2D eigenvalue weighted by Crippen LogP contribution is -2.39. The predicted octanol–water partition coefficient (Wildman–Crippen LogP) is 4.87. The van der Waals surface area contributed by atoms with Gasteiger partial charge < -0.3 is 5.32 Å². The van der Waals surface area contributed by atoms with E-state index in [0.29, 0.717) is 6.04 Å². The number of hydrogen-bond acceptors (Lipinski definition) is 1. The second-order valence-electron chi connectivity index (χ2n) is 6.04. The Balaban J connectivity index is 1.96. The Labute approximate surface area is 118 Å². The molecular formula is C18H29N. The zero-order valence-corrected chi connectivity index (χ0v) is 12.8. The molecule has 1 aromatic carbocycles. The van der Waals surface area contributed by atoms with Gasteiger partial charge in [-0.25, -0.2) is 0 Å². The third kappa shape index (κ3) is 3.82. The van der Waals surface area contributed by atoms with E-state index >= 15 is 0 Å². The van der Waals surface area contributed by atoms with Crippen molar-refractivity contribution in [3.63, 3.8) is 0 Å². The molecule has 0 bridgehead atoms. The molecular weight excluding hydrogens is 230 g/mol. The normalized spacial score (nSPS) is 25.2. The first-order chi connectivity index (χ1) is 9.24. The smallest absolute Gasteiger partial charge is 0.0294 e. The van der Waals surface area contributed by atoms with Gasteiger partial charge >= 0.3 is 0 Å². The first-order valence-corrected chi connectivity index (χ1v) is 8.09. The van der Waals surface area contributed by atoms with Crippen LogP contribution in [0.4, 0.5) is 0 Å². The number of rotatable bonds is 5. The van der Waals surface area contributed by atoms with Gasteiger partial charge in [0.15, 0.2) is 0 Å².